The number of hydrogen-bond donors (Lipinski definition) is 1. The van der Waals surface area contributed by atoms with Gasteiger partial charge in [-0.15, -0.1) is 0 Å². The lowest BCUT2D eigenvalue weighted by Crippen LogP contribution is -2.59. The van der Waals surface area contributed by atoms with E-state index in [9.17, 15) is 4.79 Å². The fraction of sp³-hybridized carbons (Fsp3) is 0.444. The maximum Gasteiger partial charge on any atom is 0.335 e. The quantitative estimate of drug-likeness (QED) is 0.656. The number of rotatable bonds is 2. The van der Waals surface area contributed by atoms with Crippen molar-refractivity contribution >= 4 is 5.97 Å². The molecule has 4 aliphatic rings. The van der Waals surface area contributed by atoms with Crippen LogP contribution in [0.4, 0.5) is 0 Å². The second kappa shape index (κ2) is 6.49. The number of carboxylic acids is 1. The molecule has 0 aromatic heterocycles. The highest BCUT2D eigenvalue weighted by molar-refractivity contribution is 5.87. The van der Waals surface area contributed by atoms with Gasteiger partial charge >= 0.3 is 5.97 Å². The van der Waals surface area contributed by atoms with E-state index in [1.54, 1.807) is 24.3 Å². The molecule has 2 unspecified atom stereocenters. The van der Waals surface area contributed by atoms with E-state index in [4.69, 9.17) is 5.11 Å². The van der Waals surface area contributed by atoms with E-state index in [2.05, 4.69) is 50.0 Å². The normalized spacial score (nSPS) is 31.2. The van der Waals surface area contributed by atoms with Gasteiger partial charge in [0.1, 0.15) is 0 Å². The van der Waals surface area contributed by atoms with Crippen LogP contribution in [-0.2, 0) is 5.41 Å². The Balaban J connectivity index is 1.40. The third kappa shape index (κ3) is 2.91. The molecule has 2 nitrogen and oxygen atoms in total. The summed E-state index contributed by atoms with van der Waals surface area (Å²) in [7, 11) is 0. The Hall–Kier alpha value is -2.53. The summed E-state index contributed by atoms with van der Waals surface area (Å²) in [5.74, 6) is 8.21. The number of carboxylic acid groups (broad SMARTS) is 1. The molecule has 6 rings (SSSR count). The van der Waals surface area contributed by atoms with Crippen molar-refractivity contribution in [2.75, 3.05) is 0 Å². The van der Waals surface area contributed by atoms with Crippen LogP contribution in [0.25, 0.3) is 0 Å². The predicted molar refractivity (Wildman–Crippen MR) is 115 cm³/mol. The van der Waals surface area contributed by atoms with Gasteiger partial charge in [0.15, 0.2) is 0 Å². The van der Waals surface area contributed by atoms with Crippen LogP contribution in [-0.4, -0.2) is 11.1 Å². The average molecular weight is 385 g/mol. The van der Waals surface area contributed by atoms with Crippen molar-refractivity contribution < 1.29 is 9.90 Å². The molecule has 4 aliphatic carbocycles. The van der Waals surface area contributed by atoms with Crippen molar-refractivity contribution in [3.05, 3.63) is 70.8 Å². The van der Waals surface area contributed by atoms with Crippen LogP contribution in [0.15, 0.2) is 48.5 Å². The van der Waals surface area contributed by atoms with E-state index in [1.807, 2.05) is 0 Å². The monoisotopic (exact) mass is 384 g/mol. The summed E-state index contributed by atoms with van der Waals surface area (Å²) in [4.78, 5) is 11.0. The highest BCUT2D eigenvalue weighted by atomic mass is 16.4. The maximum atomic E-state index is 11.0. The molecule has 4 fully saturated rings. The highest BCUT2D eigenvalue weighted by Crippen LogP contribution is 2.68. The minimum Gasteiger partial charge on any atom is -0.478 e. The van der Waals surface area contributed by atoms with Crippen molar-refractivity contribution in [3.8, 4) is 11.8 Å². The van der Waals surface area contributed by atoms with E-state index in [1.165, 1.54) is 37.7 Å². The molecule has 0 spiro atoms. The van der Waals surface area contributed by atoms with Gasteiger partial charge in [-0.25, -0.2) is 4.79 Å². The topological polar surface area (TPSA) is 37.3 Å². The van der Waals surface area contributed by atoms with Gasteiger partial charge in [0, 0.05) is 16.5 Å². The van der Waals surface area contributed by atoms with Crippen molar-refractivity contribution in [1.82, 2.24) is 0 Å². The maximum absolute atomic E-state index is 11.0. The molecule has 0 radical (unpaired) electrons. The average Bonchev–Trinajstić information content (AvgIpc) is 2.71. The van der Waals surface area contributed by atoms with E-state index in [0.29, 0.717) is 10.8 Å². The van der Waals surface area contributed by atoms with E-state index in [-0.39, 0.29) is 5.56 Å². The number of carbonyl (C=O) groups is 1. The van der Waals surface area contributed by atoms with Crippen molar-refractivity contribution in [1.29, 1.82) is 0 Å². The Bertz CT molecular complexity index is 987. The molecule has 2 atom stereocenters. The van der Waals surface area contributed by atoms with E-state index < -0.39 is 5.97 Å². The van der Waals surface area contributed by atoms with E-state index >= 15 is 0 Å². The molecule has 0 amide bonds. The summed E-state index contributed by atoms with van der Waals surface area (Å²) >= 11 is 0. The first kappa shape index (κ1) is 18.5. The fourth-order valence-electron chi connectivity index (χ4n) is 6.79. The van der Waals surface area contributed by atoms with Gasteiger partial charge in [0.05, 0.1) is 5.56 Å². The highest BCUT2D eigenvalue weighted by Gasteiger charge is 2.61. The first-order valence-electron chi connectivity index (χ1n) is 10.8. The molecule has 2 heteroatoms. The van der Waals surface area contributed by atoms with Crippen molar-refractivity contribution in [2.24, 2.45) is 23.2 Å². The molecule has 4 bridgehead atoms. The summed E-state index contributed by atoms with van der Waals surface area (Å²) in [6, 6.07) is 15.7. The van der Waals surface area contributed by atoms with Crippen LogP contribution in [0.3, 0.4) is 0 Å². The molecular formula is C27H28O2. The summed E-state index contributed by atoms with van der Waals surface area (Å²) < 4.78 is 0. The fourth-order valence-corrected chi connectivity index (χ4v) is 6.79. The van der Waals surface area contributed by atoms with Gasteiger partial charge in [0.2, 0.25) is 0 Å². The molecule has 1 N–H and O–H groups in total. The van der Waals surface area contributed by atoms with Gasteiger partial charge in [-0.1, -0.05) is 37.8 Å². The summed E-state index contributed by atoms with van der Waals surface area (Å²) in [6.07, 6.45) is 7.05. The number of benzene rings is 2. The molecule has 0 aliphatic heterocycles. The van der Waals surface area contributed by atoms with E-state index in [0.717, 1.165) is 28.9 Å². The minimum absolute atomic E-state index is 0.290. The Morgan fingerprint density at radius 2 is 1.38 bits per heavy atom. The summed E-state index contributed by atoms with van der Waals surface area (Å²) in [6.45, 7) is 5.04. The van der Waals surface area contributed by atoms with Gasteiger partial charge in [0.25, 0.3) is 0 Å². The zero-order valence-electron chi connectivity index (χ0n) is 17.2. The molecule has 2 aromatic rings. The second-order valence-corrected chi connectivity index (χ2v) is 10.1. The summed E-state index contributed by atoms with van der Waals surface area (Å²) in [5, 5.41) is 9.00. The van der Waals surface area contributed by atoms with Gasteiger partial charge < -0.3 is 5.11 Å². The Labute approximate surface area is 173 Å². The SMILES string of the molecule is CC1(C)C2CC3CC(C2)CC1(c1ccc(C#Cc2ccc(C(=O)O)cc2)cc1)C3. The molecule has 148 valence electrons. The first-order chi connectivity index (χ1) is 13.9. The van der Waals surface area contributed by atoms with Gasteiger partial charge in [-0.05, 0) is 97.2 Å². The van der Waals surface area contributed by atoms with Gasteiger partial charge in [-0.2, -0.15) is 0 Å². The smallest absolute Gasteiger partial charge is 0.335 e. The van der Waals surface area contributed by atoms with Crippen LogP contribution >= 0.6 is 0 Å². The number of aromatic carboxylic acids is 1. The first-order valence-corrected chi connectivity index (χ1v) is 10.8. The Morgan fingerprint density at radius 1 is 0.862 bits per heavy atom. The van der Waals surface area contributed by atoms with Crippen LogP contribution < -0.4 is 0 Å². The van der Waals surface area contributed by atoms with Crippen molar-refractivity contribution in [2.45, 2.75) is 51.4 Å². The molecular weight excluding hydrogens is 356 g/mol. The standard InChI is InChI=1S/C27H28O2/c1-26(2)24-14-20-13-21(15-24)17-27(26,16-20)23-11-7-19(8-12-23)4-3-18-5-9-22(10-6-18)25(28)29/h5-12,20-21,24H,13-17H2,1-2H3,(H,28,29). The molecule has 0 heterocycles. The third-order valence-electron chi connectivity index (χ3n) is 8.35. The molecule has 29 heavy (non-hydrogen) atoms. The zero-order chi connectivity index (χ0) is 20.2. The molecule has 2 aromatic carbocycles. The van der Waals surface area contributed by atoms with Crippen LogP contribution in [0.2, 0.25) is 0 Å². The predicted octanol–water partition coefficient (Wildman–Crippen LogP) is 5.89. The molecule has 4 saturated carbocycles. The third-order valence-corrected chi connectivity index (χ3v) is 8.35. The van der Waals surface area contributed by atoms with Crippen LogP contribution in [0, 0.1) is 35.0 Å². The number of hydrogen-bond acceptors (Lipinski definition) is 1. The van der Waals surface area contributed by atoms with Crippen LogP contribution in [0.1, 0.15) is 73.0 Å². The minimum atomic E-state index is -0.910. The lowest BCUT2D eigenvalue weighted by molar-refractivity contribution is -0.113. The Kier molecular flexibility index (Phi) is 4.14. The Morgan fingerprint density at radius 3 is 1.90 bits per heavy atom. The van der Waals surface area contributed by atoms with Gasteiger partial charge in [-0.3, -0.25) is 0 Å². The zero-order valence-corrected chi connectivity index (χ0v) is 17.2. The lowest BCUT2D eigenvalue weighted by atomic mass is 9.38. The second-order valence-electron chi connectivity index (χ2n) is 10.1. The summed E-state index contributed by atoms with van der Waals surface area (Å²) in [5.41, 5.74) is 4.36. The lowest BCUT2D eigenvalue weighted by Gasteiger charge is -2.66. The largest absolute Gasteiger partial charge is 0.478 e. The molecule has 0 saturated heterocycles. The van der Waals surface area contributed by atoms with Crippen molar-refractivity contribution in [3.63, 3.8) is 0 Å². The van der Waals surface area contributed by atoms with Crippen LogP contribution in [0.5, 0.6) is 0 Å².